The molecular formula is C15H24N4O3. The Labute approximate surface area is 130 Å². The molecule has 2 heterocycles. The average molecular weight is 308 g/mol. The molecule has 1 saturated heterocycles. The SMILES string of the molecule is CN(C)[C@@H]1CCCN(C(=O)CCc2nccn2CC(=O)O)C1. The molecule has 1 aliphatic rings. The topological polar surface area (TPSA) is 78.7 Å². The molecule has 1 fully saturated rings. The molecule has 0 unspecified atom stereocenters. The van der Waals surface area contributed by atoms with Gasteiger partial charge in [0.15, 0.2) is 0 Å². The lowest BCUT2D eigenvalue weighted by Crippen LogP contribution is -2.47. The summed E-state index contributed by atoms with van der Waals surface area (Å²) in [5.41, 5.74) is 0. The van der Waals surface area contributed by atoms with Crippen molar-refractivity contribution >= 4 is 11.9 Å². The summed E-state index contributed by atoms with van der Waals surface area (Å²) in [4.78, 5) is 31.4. The minimum Gasteiger partial charge on any atom is -0.480 e. The van der Waals surface area contributed by atoms with E-state index in [1.54, 1.807) is 17.0 Å². The number of hydrogen-bond donors (Lipinski definition) is 1. The second-order valence-corrected chi connectivity index (χ2v) is 5.96. The third kappa shape index (κ3) is 4.30. The minimum absolute atomic E-state index is 0.115. The zero-order chi connectivity index (χ0) is 16.1. The predicted molar refractivity (Wildman–Crippen MR) is 81.5 cm³/mol. The van der Waals surface area contributed by atoms with E-state index in [0.29, 0.717) is 24.7 Å². The highest BCUT2D eigenvalue weighted by Crippen LogP contribution is 2.15. The van der Waals surface area contributed by atoms with Gasteiger partial charge in [0.25, 0.3) is 0 Å². The molecule has 0 aromatic carbocycles. The molecule has 0 radical (unpaired) electrons. The molecule has 0 saturated carbocycles. The molecule has 1 amide bonds. The predicted octanol–water partition coefficient (Wildman–Crippen LogP) is 0.453. The van der Waals surface area contributed by atoms with Gasteiger partial charge in [-0.15, -0.1) is 0 Å². The maximum absolute atomic E-state index is 12.3. The van der Waals surface area contributed by atoms with Crippen LogP contribution in [0.15, 0.2) is 12.4 Å². The first kappa shape index (κ1) is 16.5. The Morgan fingerprint density at radius 2 is 2.23 bits per heavy atom. The van der Waals surface area contributed by atoms with E-state index in [1.807, 2.05) is 19.0 Å². The summed E-state index contributed by atoms with van der Waals surface area (Å²) >= 11 is 0. The van der Waals surface area contributed by atoms with Crippen LogP contribution < -0.4 is 0 Å². The summed E-state index contributed by atoms with van der Waals surface area (Å²) in [6.07, 6.45) is 6.21. The summed E-state index contributed by atoms with van der Waals surface area (Å²) in [6.45, 7) is 1.47. The fourth-order valence-electron chi connectivity index (χ4n) is 2.84. The number of likely N-dealkylation sites (tertiary alicyclic amines) is 1. The van der Waals surface area contributed by atoms with Crippen LogP contribution in [0.5, 0.6) is 0 Å². The van der Waals surface area contributed by atoms with E-state index in [1.165, 1.54) is 0 Å². The van der Waals surface area contributed by atoms with E-state index in [-0.39, 0.29) is 12.5 Å². The van der Waals surface area contributed by atoms with Gasteiger partial charge in [0.1, 0.15) is 12.4 Å². The number of carbonyl (C=O) groups excluding carboxylic acids is 1. The summed E-state index contributed by atoms with van der Waals surface area (Å²) in [5.74, 6) is -0.135. The van der Waals surface area contributed by atoms with E-state index in [9.17, 15) is 9.59 Å². The maximum atomic E-state index is 12.3. The van der Waals surface area contributed by atoms with Gasteiger partial charge in [-0.2, -0.15) is 0 Å². The summed E-state index contributed by atoms with van der Waals surface area (Å²) < 4.78 is 1.58. The summed E-state index contributed by atoms with van der Waals surface area (Å²) in [7, 11) is 4.09. The molecule has 1 N–H and O–H groups in total. The molecular weight excluding hydrogens is 284 g/mol. The van der Waals surface area contributed by atoms with Crippen molar-refractivity contribution in [1.82, 2.24) is 19.4 Å². The molecule has 0 bridgehead atoms. The molecule has 22 heavy (non-hydrogen) atoms. The maximum Gasteiger partial charge on any atom is 0.323 e. The summed E-state index contributed by atoms with van der Waals surface area (Å²) in [5, 5.41) is 8.84. The van der Waals surface area contributed by atoms with Crippen molar-refractivity contribution in [2.75, 3.05) is 27.2 Å². The van der Waals surface area contributed by atoms with Gasteiger partial charge in [0.05, 0.1) is 0 Å². The molecule has 2 rings (SSSR count). The molecule has 7 heteroatoms. The Bertz CT molecular complexity index is 527. The number of nitrogens with zero attached hydrogens (tertiary/aromatic N) is 4. The van der Waals surface area contributed by atoms with Crippen molar-refractivity contribution in [2.45, 2.75) is 38.3 Å². The van der Waals surface area contributed by atoms with Crippen LogP contribution in [0.25, 0.3) is 0 Å². The van der Waals surface area contributed by atoms with Gasteiger partial charge in [-0.3, -0.25) is 9.59 Å². The standard InChI is InChI=1S/C15H24N4O3/c1-17(2)12-4-3-8-19(10-12)14(20)6-5-13-16-7-9-18(13)11-15(21)22/h7,9,12H,3-6,8,10-11H2,1-2H3,(H,21,22)/t12-/m1/s1. The fourth-order valence-corrected chi connectivity index (χ4v) is 2.84. The number of carboxylic acids is 1. The highest BCUT2D eigenvalue weighted by atomic mass is 16.4. The molecule has 1 aliphatic heterocycles. The van der Waals surface area contributed by atoms with Gasteiger partial charge in [0.2, 0.25) is 5.91 Å². The quantitative estimate of drug-likeness (QED) is 0.825. The molecule has 7 nitrogen and oxygen atoms in total. The van der Waals surface area contributed by atoms with E-state index >= 15 is 0 Å². The van der Waals surface area contributed by atoms with Crippen LogP contribution in [0.3, 0.4) is 0 Å². The second-order valence-electron chi connectivity index (χ2n) is 5.96. The van der Waals surface area contributed by atoms with Crippen LogP contribution in [0.4, 0.5) is 0 Å². The first-order valence-electron chi connectivity index (χ1n) is 7.63. The molecule has 1 aromatic heterocycles. The number of aryl methyl sites for hydroxylation is 1. The van der Waals surface area contributed by atoms with Gasteiger partial charge >= 0.3 is 5.97 Å². The second kappa shape index (κ2) is 7.40. The zero-order valence-electron chi connectivity index (χ0n) is 13.2. The minimum atomic E-state index is -0.907. The van der Waals surface area contributed by atoms with Crippen molar-refractivity contribution in [1.29, 1.82) is 0 Å². The van der Waals surface area contributed by atoms with Crippen molar-refractivity contribution in [2.24, 2.45) is 0 Å². The van der Waals surface area contributed by atoms with Gasteiger partial charge < -0.3 is 19.5 Å². The number of aromatic nitrogens is 2. The van der Waals surface area contributed by atoms with Gasteiger partial charge in [-0.05, 0) is 26.9 Å². The first-order valence-corrected chi connectivity index (χ1v) is 7.63. The Kier molecular flexibility index (Phi) is 5.54. The number of likely N-dealkylation sites (N-methyl/N-ethyl adjacent to an activating group) is 1. The lowest BCUT2D eigenvalue weighted by Gasteiger charge is -2.36. The summed E-state index contributed by atoms with van der Waals surface area (Å²) in [6, 6.07) is 0.423. The van der Waals surface area contributed by atoms with Crippen LogP contribution in [0, 0.1) is 0 Å². The Hall–Kier alpha value is -1.89. The Morgan fingerprint density at radius 3 is 2.91 bits per heavy atom. The number of amides is 1. The van der Waals surface area contributed by atoms with E-state index < -0.39 is 5.97 Å². The molecule has 1 aromatic rings. The monoisotopic (exact) mass is 308 g/mol. The van der Waals surface area contributed by atoms with E-state index in [2.05, 4.69) is 9.88 Å². The van der Waals surface area contributed by atoms with Crippen LogP contribution in [-0.2, 0) is 22.6 Å². The van der Waals surface area contributed by atoms with Crippen molar-refractivity contribution in [3.63, 3.8) is 0 Å². The van der Waals surface area contributed by atoms with Crippen molar-refractivity contribution in [3.05, 3.63) is 18.2 Å². The number of carbonyl (C=O) groups is 2. The number of piperidine rings is 1. The van der Waals surface area contributed by atoms with Gasteiger partial charge in [-0.1, -0.05) is 0 Å². The molecule has 0 aliphatic carbocycles. The average Bonchev–Trinajstić information content (AvgIpc) is 2.91. The number of aliphatic carboxylic acids is 1. The fraction of sp³-hybridized carbons (Fsp3) is 0.667. The Balaban J connectivity index is 1.87. The number of imidazole rings is 1. The van der Waals surface area contributed by atoms with Crippen LogP contribution >= 0.6 is 0 Å². The smallest absolute Gasteiger partial charge is 0.323 e. The number of hydrogen-bond acceptors (Lipinski definition) is 4. The number of rotatable bonds is 6. The molecule has 0 spiro atoms. The van der Waals surface area contributed by atoms with E-state index in [4.69, 9.17) is 5.11 Å². The van der Waals surface area contributed by atoms with Crippen molar-refractivity contribution in [3.8, 4) is 0 Å². The van der Waals surface area contributed by atoms with Crippen LogP contribution in [-0.4, -0.2) is 69.6 Å². The highest BCUT2D eigenvalue weighted by molar-refractivity contribution is 5.76. The Morgan fingerprint density at radius 1 is 1.45 bits per heavy atom. The lowest BCUT2D eigenvalue weighted by atomic mass is 10.0. The van der Waals surface area contributed by atoms with Gasteiger partial charge in [0, 0.05) is 44.4 Å². The third-order valence-electron chi connectivity index (χ3n) is 4.15. The number of carboxylic acid groups (broad SMARTS) is 1. The largest absolute Gasteiger partial charge is 0.480 e. The molecule has 1 atom stereocenters. The first-order chi connectivity index (χ1) is 10.5. The van der Waals surface area contributed by atoms with Crippen molar-refractivity contribution < 1.29 is 14.7 Å². The van der Waals surface area contributed by atoms with Crippen LogP contribution in [0.1, 0.15) is 25.1 Å². The zero-order valence-corrected chi connectivity index (χ0v) is 13.2. The van der Waals surface area contributed by atoms with E-state index in [0.717, 1.165) is 25.9 Å². The highest BCUT2D eigenvalue weighted by Gasteiger charge is 2.24. The lowest BCUT2D eigenvalue weighted by molar-refractivity contribution is -0.137. The van der Waals surface area contributed by atoms with Gasteiger partial charge in [-0.25, -0.2) is 4.98 Å². The molecule has 122 valence electrons. The van der Waals surface area contributed by atoms with Crippen LogP contribution in [0.2, 0.25) is 0 Å². The third-order valence-corrected chi connectivity index (χ3v) is 4.15. The normalized spacial score (nSPS) is 18.7.